The average Bonchev–Trinajstić information content (AvgIpc) is 3.28. The van der Waals surface area contributed by atoms with E-state index < -0.39 is 0 Å². The summed E-state index contributed by atoms with van der Waals surface area (Å²) < 4.78 is 7.51. The number of carbonyl (C=O) groups excluding carboxylic acids is 1. The number of rotatable bonds is 9. The van der Waals surface area contributed by atoms with Crippen molar-refractivity contribution in [2.24, 2.45) is 0 Å². The van der Waals surface area contributed by atoms with E-state index in [1.54, 1.807) is 12.4 Å². The Bertz CT molecular complexity index is 1220. The van der Waals surface area contributed by atoms with Crippen LogP contribution in [0.4, 0.5) is 11.4 Å². The molecule has 0 saturated carbocycles. The quantitative estimate of drug-likeness (QED) is 0.357. The molecule has 4 rings (SSSR count). The van der Waals surface area contributed by atoms with Gasteiger partial charge >= 0.3 is 0 Å². The van der Waals surface area contributed by atoms with E-state index in [9.17, 15) is 4.79 Å². The van der Waals surface area contributed by atoms with Gasteiger partial charge in [-0.25, -0.2) is 0 Å². The van der Waals surface area contributed by atoms with Crippen molar-refractivity contribution in [1.29, 1.82) is 0 Å². The predicted octanol–water partition coefficient (Wildman–Crippen LogP) is 4.52. The molecule has 9 heteroatoms. The van der Waals surface area contributed by atoms with Gasteiger partial charge in [0.05, 0.1) is 12.4 Å². The van der Waals surface area contributed by atoms with Crippen LogP contribution in [0.25, 0.3) is 17.1 Å². The Morgan fingerprint density at radius 1 is 1.00 bits per heavy atom. The Morgan fingerprint density at radius 2 is 1.71 bits per heavy atom. The minimum atomic E-state index is -0.116. The Hall–Kier alpha value is -3.85. The molecular weight excluding hydrogens is 448 g/mol. The number of nitrogens with zero attached hydrogens (tertiary/aromatic N) is 5. The monoisotopic (exact) mass is 474 g/mol. The minimum Gasteiger partial charge on any atom is -0.494 e. The van der Waals surface area contributed by atoms with Crippen LogP contribution in [-0.4, -0.2) is 52.1 Å². The maximum atomic E-state index is 12.6. The zero-order chi connectivity index (χ0) is 23.9. The van der Waals surface area contributed by atoms with Gasteiger partial charge in [0, 0.05) is 49.1 Å². The van der Waals surface area contributed by atoms with Crippen LogP contribution in [-0.2, 0) is 4.79 Å². The Balaban J connectivity index is 1.54. The molecule has 8 nitrogen and oxygen atoms in total. The normalized spacial score (nSPS) is 10.7. The SMILES string of the molecule is CCOc1ccc(-n2c(SCC(=O)Nc3ccc(N(C)C)cc3)nnc2-c2ccncc2)cc1. The molecule has 4 aromatic rings. The molecule has 34 heavy (non-hydrogen) atoms. The number of ether oxygens (including phenoxy) is 1. The van der Waals surface area contributed by atoms with Gasteiger partial charge in [-0.2, -0.15) is 0 Å². The summed E-state index contributed by atoms with van der Waals surface area (Å²) in [7, 11) is 3.95. The number of carbonyl (C=O) groups is 1. The summed E-state index contributed by atoms with van der Waals surface area (Å²) in [5.74, 6) is 1.54. The molecule has 174 valence electrons. The van der Waals surface area contributed by atoms with E-state index in [1.807, 2.05) is 91.1 Å². The van der Waals surface area contributed by atoms with Crippen LogP contribution >= 0.6 is 11.8 Å². The third-order valence-corrected chi connectivity index (χ3v) is 5.91. The lowest BCUT2D eigenvalue weighted by molar-refractivity contribution is -0.113. The lowest BCUT2D eigenvalue weighted by atomic mass is 10.2. The standard InChI is InChI=1S/C25H26N6O2S/c1-4-33-22-11-9-21(10-12-22)31-24(18-13-15-26-16-14-18)28-29-25(31)34-17-23(32)27-19-5-7-20(8-6-19)30(2)3/h5-16H,4,17H2,1-3H3,(H,27,32). The minimum absolute atomic E-state index is 0.116. The number of pyridine rings is 1. The molecule has 0 radical (unpaired) electrons. The first-order valence-corrected chi connectivity index (χ1v) is 11.8. The van der Waals surface area contributed by atoms with Gasteiger partial charge in [-0.15, -0.1) is 10.2 Å². The smallest absolute Gasteiger partial charge is 0.234 e. The molecule has 0 spiro atoms. The number of benzene rings is 2. The third-order valence-electron chi connectivity index (χ3n) is 4.98. The number of hydrogen-bond acceptors (Lipinski definition) is 7. The highest BCUT2D eigenvalue weighted by molar-refractivity contribution is 7.99. The van der Waals surface area contributed by atoms with E-state index in [1.165, 1.54) is 11.8 Å². The number of nitrogens with one attached hydrogen (secondary N) is 1. The van der Waals surface area contributed by atoms with Crippen LogP contribution in [0, 0.1) is 0 Å². The van der Waals surface area contributed by atoms with Crippen molar-refractivity contribution in [2.75, 3.05) is 36.7 Å². The summed E-state index contributed by atoms with van der Waals surface area (Å²) in [6.45, 7) is 2.55. The number of hydrogen-bond donors (Lipinski definition) is 1. The molecule has 0 aliphatic carbocycles. The van der Waals surface area contributed by atoms with E-state index in [0.29, 0.717) is 17.6 Å². The van der Waals surface area contributed by atoms with Crippen LogP contribution in [0.3, 0.4) is 0 Å². The van der Waals surface area contributed by atoms with E-state index in [4.69, 9.17) is 4.74 Å². The highest BCUT2D eigenvalue weighted by Gasteiger charge is 2.17. The van der Waals surface area contributed by atoms with E-state index >= 15 is 0 Å². The van der Waals surface area contributed by atoms with Crippen molar-refractivity contribution in [3.05, 3.63) is 73.1 Å². The van der Waals surface area contributed by atoms with Gasteiger partial charge in [-0.3, -0.25) is 14.3 Å². The second-order valence-electron chi connectivity index (χ2n) is 7.58. The summed E-state index contributed by atoms with van der Waals surface area (Å²) in [6, 6.07) is 19.2. The number of aromatic nitrogens is 4. The lowest BCUT2D eigenvalue weighted by Gasteiger charge is -2.13. The summed E-state index contributed by atoms with van der Waals surface area (Å²) in [5.41, 5.74) is 3.58. The van der Waals surface area contributed by atoms with Crippen LogP contribution in [0.1, 0.15) is 6.92 Å². The zero-order valence-corrected chi connectivity index (χ0v) is 20.1. The van der Waals surface area contributed by atoms with Crippen molar-refractivity contribution in [3.63, 3.8) is 0 Å². The van der Waals surface area contributed by atoms with Gasteiger partial charge in [0.25, 0.3) is 0 Å². The summed E-state index contributed by atoms with van der Waals surface area (Å²) >= 11 is 1.33. The summed E-state index contributed by atoms with van der Waals surface area (Å²) in [6.07, 6.45) is 3.43. The molecule has 1 N–H and O–H groups in total. The van der Waals surface area contributed by atoms with Crippen molar-refractivity contribution >= 4 is 29.0 Å². The molecule has 2 heterocycles. The molecule has 0 saturated heterocycles. The Labute approximate surface area is 203 Å². The third kappa shape index (κ3) is 5.55. The Kier molecular flexibility index (Phi) is 7.44. The zero-order valence-electron chi connectivity index (χ0n) is 19.3. The number of thioether (sulfide) groups is 1. The van der Waals surface area contributed by atoms with Crippen LogP contribution < -0.4 is 15.0 Å². The molecule has 1 amide bonds. The number of amides is 1. The number of anilines is 2. The first kappa shape index (κ1) is 23.3. The second kappa shape index (κ2) is 10.8. The first-order valence-electron chi connectivity index (χ1n) is 10.8. The second-order valence-corrected chi connectivity index (χ2v) is 8.53. The molecule has 2 aromatic carbocycles. The fourth-order valence-electron chi connectivity index (χ4n) is 3.31. The van der Waals surface area contributed by atoms with Gasteiger partial charge in [-0.1, -0.05) is 11.8 Å². The van der Waals surface area contributed by atoms with Gasteiger partial charge in [-0.05, 0) is 67.6 Å². The molecular formula is C25H26N6O2S. The molecule has 0 bridgehead atoms. The van der Waals surface area contributed by atoms with E-state index in [0.717, 1.165) is 28.4 Å². The fourth-order valence-corrected chi connectivity index (χ4v) is 4.06. The van der Waals surface area contributed by atoms with Crippen molar-refractivity contribution in [2.45, 2.75) is 12.1 Å². The van der Waals surface area contributed by atoms with Gasteiger partial charge in [0.2, 0.25) is 5.91 Å². The Morgan fingerprint density at radius 3 is 2.35 bits per heavy atom. The largest absolute Gasteiger partial charge is 0.494 e. The van der Waals surface area contributed by atoms with Gasteiger partial charge in [0.15, 0.2) is 11.0 Å². The van der Waals surface area contributed by atoms with Gasteiger partial charge in [0.1, 0.15) is 5.75 Å². The maximum absolute atomic E-state index is 12.6. The van der Waals surface area contributed by atoms with E-state index in [2.05, 4.69) is 20.5 Å². The van der Waals surface area contributed by atoms with Gasteiger partial charge < -0.3 is 15.0 Å². The predicted molar refractivity (Wildman–Crippen MR) is 136 cm³/mol. The lowest BCUT2D eigenvalue weighted by Crippen LogP contribution is -2.15. The van der Waals surface area contributed by atoms with Crippen molar-refractivity contribution in [1.82, 2.24) is 19.7 Å². The molecule has 0 unspecified atom stereocenters. The highest BCUT2D eigenvalue weighted by Crippen LogP contribution is 2.29. The fraction of sp³-hybridized carbons (Fsp3) is 0.200. The highest BCUT2D eigenvalue weighted by atomic mass is 32.2. The molecule has 0 fully saturated rings. The average molecular weight is 475 g/mol. The van der Waals surface area contributed by atoms with E-state index in [-0.39, 0.29) is 11.7 Å². The van der Waals surface area contributed by atoms with Crippen LogP contribution in [0.2, 0.25) is 0 Å². The molecule has 2 aromatic heterocycles. The summed E-state index contributed by atoms with van der Waals surface area (Å²) in [5, 5.41) is 12.3. The topological polar surface area (TPSA) is 85.2 Å². The molecule has 0 atom stereocenters. The summed E-state index contributed by atoms with van der Waals surface area (Å²) in [4.78, 5) is 18.7. The van der Waals surface area contributed by atoms with Crippen LogP contribution in [0.15, 0.2) is 78.2 Å². The molecule has 0 aliphatic heterocycles. The maximum Gasteiger partial charge on any atom is 0.234 e. The molecule has 0 aliphatic rings. The first-order chi connectivity index (χ1) is 16.5. The van der Waals surface area contributed by atoms with Crippen molar-refractivity contribution < 1.29 is 9.53 Å². The van der Waals surface area contributed by atoms with Crippen molar-refractivity contribution in [3.8, 4) is 22.8 Å². The van der Waals surface area contributed by atoms with Crippen LogP contribution in [0.5, 0.6) is 5.75 Å².